The fourth-order valence-corrected chi connectivity index (χ4v) is 3.32. The molecule has 1 unspecified atom stereocenters. The van der Waals surface area contributed by atoms with E-state index in [1.54, 1.807) is 0 Å². The molecule has 0 spiro atoms. The van der Waals surface area contributed by atoms with E-state index in [1.165, 1.54) is 6.26 Å². The Balaban J connectivity index is 1.74. The number of carboxylic acids is 1. The van der Waals surface area contributed by atoms with E-state index in [4.69, 9.17) is 4.74 Å². The molecular formula is C22H23NO4. The minimum absolute atomic E-state index is 0.389. The molecule has 3 rings (SSSR count). The lowest BCUT2D eigenvalue weighted by atomic mass is 10.1. The highest BCUT2D eigenvalue weighted by Crippen LogP contribution is 2.43. The predicted octanol–water partition coefficient (Wildman–Crippen LogP) is 4.82. The number of hydrogen-bond donors (Lipinski definition) is 2. The molecule has 5 nitrogen and oxygen atoms in total. The van der Waals surface area contributed by atoms with Crippen molar-refractivity contribution < 1.29 is 19.4 Å². The van der Waals surface area contributed by atoms with E-state index in [9.17, 15) is 14.7 Å². The molecule has 0 aliphatic heterocycles. The van der Waals surface area contributed by atoms with E-state index in [1.807, 2.05) is 55.5 Å². The number of nitrogens with one attached hydrogen (secondary N) is 1. The Morgan fingerprint density at radius 3 is 2.07 bits per heavy atom. The summed E-state index contributed by atoms with van der Waals surface area (Å²) in [6, 6.07) is 14.9. The molecule has 0 heterocycles. The van der Waals surface area contributed by atoms with Crippen molar-refractivity contribution in [2.45, 2.75) is 38.6 Å². The number of aliphatic carboxylic acids is 1. The second kappa shape index (κ2) is 8.54. The summed E-state index contributed by atoms with van der Waals surface area (Å²) in [6.45, 7) is 2.04. The first-order valence-electron chi connectivity index (χ1n) is 9.21. The highest BCUT2D eigenvalue weighted by Gasteiger charge is 2.24. The standard InChI is InChI=1S/C22H23NO4/c1-2-3-4-13-20(21(24)25)23-22(26)27-14-19-17-11-7-5-9-15(17)16-10-6-8-12-18(16)19/h5-12,14,20H,2-4,13H2,1H3,(H,23,26)(H,24,25). The van der Waals surface area contributed by atoms with Gasteiger partial charge in [-0.05, 0) is 28.7 Å². The minimum atomic E-state index is -1.05. The Morgan fingerprint density at radius 2 is 1.56 bits per heavy atom. The lowest BCUT2D eigenvalue weighted by molar-refractivity contribution is -0.139. The van der Waals surface area contributed by atoms with Crippen LogP contribution in [0.3, 0.4) is 0 Å². The number of ether oxygens (including phenoxy) is 1. The number of alkyl carbamates (subject to hydrolysis) is 1. The zero-order valence-electron chi connectivity index (χ0n) is 15.3. The summed E-state index contributed by atoms with van der Waals surface area (Å²) in [5.41, 5.74) is 4.97. The van der Waals surface area contributed by atoms with E-state index < -0.39 is 18.1 Å². The first kappa shape index (κ1) is 18.7. The average Bonchev–Trinajstić information content (AvgIpc) is 2.99. The minimum Gasteiger partial charge on any atom is -0.480 e. The molecule has 0 fully saturated rings. The third-order valence-electron chi connectivity index (χ3n) is 4.69. The van der Waals surface area contributed by atoms with Crippen molar-refractivity contribution in [1.82, 2.24) is 5.32 Å². The van der Waals surface area contributed by atoms with Gasteiger partial charge in [0.2, 0.25) is 0 Å². The Labute approximate surface area is 158 Å². The third kappa shape index (κ3) is 4.19. The van der Waals surface area contributed by atoms with E-state index in [0.717, 1.165) is 47.1 Å². The molecule has 2 N–H and O–H groups in total. The van der Waals surface area contributed by atoms with Gasteiger partial charge in [0.1, 0.15) is 12.3 Å². The quantitative estimate of drug-likeness (QED) is 0.465. The Morgan fingerprint density at radius 1 is 1.00 bits per heavy atom. The number of unbranched alkanes of at least 4 members (excludes halogenated alkanes) is 2. The van der Waals surface area contributed by atoms with Crippen molar-refractivity contribution in [3.8, 4) is 11.1 Å². The number of carboxylic acid groups (broad SMARTS) is 1. The van der Waals surface area contributed by atoms with Crippen LogP contribution in [0.25, 0.3) is 16.7 Å². The summed E-state index contributed by atoms with van der Waals surface area (Å²) in [5.74, 6) is -1.05. The van der Waals surface area contributed by atoms with Gasteiger partial charge in [-0.1, -0.05) is 74.7 Å². The molecule has 2 aromatic rings. The van der Waals surface area contributed by atoms with Crippen LogP contribution in [0.5, 0.6) is 0 Å². The van der Waals surface area contributed by atoms with Crippen molar-refractivity contribution in [1.29, 1.82) is 0 Å². The molecule has 1 aliphatic rings. The maximum Gasteiger partial charge on any atom is 0.412 e. The lowest BCUT2D eigenvalue weighted by Crippen LogP contribution is -2.40. The molecule has 0 saturated heterocycles. The zero-order chi connectivity index (χ0) is 19.2. The molecular weight excluding hydrogens is 342 g/mol. The number of hydrogen-bond acceptors (Lipinski definition) is 3. The summed E-state index contributed by atoms with van der Waals surface area (Å²) in [5, 5.41) is 11.7. The van der Waals surface area contributed by atoms with Crippen molar-refractivity contribution >= 4 is 17.6 Å². The van der Waals surface area contributed by atoms with Crippen LogP contribution in [-0.2, 0) is 9.53 Å². The number of benzene rings is 2. The van der Waals surface area contributed by atoms with Crippen LogP contribution < -0.4 is 5.32 Å². The highest BCUT2D eigenvalue weighted by atomic mass is 16.5. The van der Waals surface area contributed by atoms with Crippen LogP contribution in [0.4, 0.5) is 4.79 Å². The Kier molecular flexibility index (Phi) is 5.91. The molecule has 140 valence electrons. The van der Waals surface area contributed by atoms with Crippen molar-refractivity contribution in [2.75, 3.05) is 0 Å². The number of carbonyl (C=O) groups is 2. The van der Waals surface area contributed by atoms with Gasteiger partial charge in [0.05, 0.1) is 0 Å². The van der Waals surface area contributed by atoms with Gasteiger partial charge in [-0.3, -0.25) is 0 Å². The highest BCUT2D eigenvalue weighted by molar-refractivity contribution is 6.01. The number of fused-ring (bicyclic) bond motifs is 3. The second-order valence-electron chi connectivity index (χ2n) is 6.56. The maximum absolute atomic E-state index is 12.1. The Hall–Kier alpha value is -3.08. The normalized spacial score (nSPS) is 12.7. The van der Waals surface area contributed by atoms with Crippen LogP contribution in [-0.4, -0.2) is 23.2 Å². The smallest absolute Gasteiger partial charge is 0.412 e. The average molecular weight is 365 g/mol. The third-order valence-corrected chi connectivity index (χ3v) is 4.69. The fourth-order valence-electron chi connectivity index (χ4n) is 3.32. The van der Waals surface area contributed by atoms with Crippen LogP contribution in [0, 0.1) is 0 Å². The molecule has 0 aromatic heterocycles. The van der Waals surface area contributed by atoms with Crippen molar-refractivity contribution in [3.05, 3.63) is 65.9 Å². The topological polar surface area (TPSA) is 75.6 Å². The van der Waals surface area contributed by atoms with Crippen LogP contribution in [0.1, 0.15) is 43.7 Å². The first-order valence-corrected chi connectivity index (χ1v) is 9.21. The lowest BCUT2D eigenvalue weighted by Gasteiger charge is -2.13. The van der Waals surface area contributed by atoms with E-state index in [-0.39, 0.29) is 0 Å². The SMILES string of the molecule is CCCCCC(NC(=O)OC=C1c2ccccc2-c2ccccc21)C(=O)O. The van der Waals surface area contributed by atoms with Gasteiger partial charge in [-0.2, -0.15) is 0 Å². The van der Waals surface area contributed by atoms with Gasteiger partial charge in [0.15, 0.2) is 0 Å². The summed E-state index contributed by atoms with van der Waals surface area (Å²) in [4.78, 5) is 23.5. The van der Waals surface area contributed by atoms with Gasteiger partial charge in [-0.25, -0.2) is 9.59 Å². The second-order valence-corrected chi connectivity index (χ2v) is 6.56. The van der Waals surface area contributed by atoms with Crippen molar-refractivity contribution in [2.24, 2.45) is 0 Å². The van der Waals surface area contributed by atoms with Gasteiger partial charge in [-0.15, -0.1) is 0 Å². The molecule has 0 saturated carbocycles. The van der Waals surface area contributed by atoms with Gasteiger partial charge in [0, 0.05) is 5.57 Å². The van der Waals surface area contributed by atoms with Crippen LogP contribution in [0.2, 0.25) is 0 Å². The molecule has 2 aromatic carbocycles. The van der Waals surface area contributed by atoms with E-state index in [2.05, 4.69) is 5.32 Å². The number of carbonyl (C=O) groups excluding carboxylic acids is 1. The van der Waals surface area contributed by atoms with Gasteiger partial charge in [0.25, 0.3) is 0 Å². The summed E-state index contributed by atoms with van der Waals surface area (Å²) in [7, 11) is 0. The number of rotatable bonds is 7. The Bertz CT molecular complexity index is 825. The number of amides is 1. The largest absolute Gasteiger partial charge is 0.480 e. The van der Waals surface area contributed by atoms with Crippen molar-refractivity contribution in [3.63, 3.8) is 0 Å². The van der Waals surface area contributed by atoms with Gasteiger partial charge < -0.3 is 15.2 Å². The summed E-state index contributed by atoms with van der Waals surface area (Å²) >= 11 is 0. The van der Waals surface area contributed by atoms with Crippen LogP contribution >= 0.6 is 0 Å². The molecule has 1 amide bonds. The first-order chi connectivity index (χ1) is 13.1. The molecule has 5 heteroatoms. The fraction of sp³-hybridized carbons (Fsp3) is 0.273. The predicted molar refractivity (Wildman–Crippen MR) is 104 cm³/mol. The molecule has 27 heavy (non-hydrogen) atoms. The molecule has 1 aliphatic carbocycles. The van der Waals surface area contributed by atoms with E-state index in [0.29, 0.717) is 6.42 Å². The maximum atomic E-state index is 12.1. The van der Waals surface area contributed by atoms with E-state index >= 15 is 0 Å². The zero-order valence-corrected chi connectivity index (χ0v) is 15.3. The molecule has 0 radical (unpaired) electrons. The van der Waals surface area contributed by atoms with Gasteiger partial charge >= 0.3 is 12.1 Å². The molecule has 0 bridgehead atoms. The van der Waals surface area contributed by atoms with Crippen LogP contribution in [0.15, 0.2) is 54.8 Å². The summed E-state index contributed by atoms with van der Waals surface area (Å²) in [6.07, 6.45) is 3.70. The monoisotopic (exact) mass is 365 g/mol. The summed E-state index contributed by atoms with van der Waals surface area (Å²) < 4.78 is 5.25. The molecule has 1 atom stereocenters.